The summed E-state index contributed by atoms with van der Waals surface area (Å²) in [7, 11) is 0. The highest BCUT2D eigenvalue weighted by Crippen LogP contribution is 2.37. The molecule has 0 saturated carbocycles. The fourth-order valence-electron chi connectivity index (χ4n) is 5.76. The van der Waals surface area contributed by atoms with E-state index in [9.17, 15) is 32.3 Å². The van der Waals surface area contributed by atoms with E-state index in [0.717, 1.165) is 55.5 Å². The number of piperidine rings is 3. The standard InChI is InChI=1S/C24H30N4O4.C2HF3O2/c29-20-5-4-19(22(30)26-20)28-23(31)17-2-1-3-18(21(17)24(28)32)27-12-8-16(9-13-27)14-15-6-10-25-11-7-15;3-2(4,5)1(6)7/h1-3,15-16,19,25H,4-14H2,(H,26,29,30);(H,6,7). The molecule has 1 aromatic rings. The van der Waals surface area contributed by atoms with Gasteiger partial charge in [0.1, 0.15) is 6.04 Å². The molecular formula is C26H31F3N4O6. The van der Waals surface area contributed by atoms with Crippen molar-refractivity contribution in [1.29, 1.82) is 0 Å². The van der Waals surface area contributed by atoms with Crippen LogP contribution in [0.3, 0.4) is 0 Å². The number of alkyl halides is 3. The fourth-order valence-corrected chi connectivity index (χ4v) is 5.76. The van der Waals surface area contributed by atoms with Crippen LogP contribution in [0.4, 0.5) is 18.9 Å². The van der Waals surface area contributed by atoms with Crippen molar-refractivity contribution >= 4 is 35.3 Å². The molecule has 5 rings (SSSR count). The SMILES string of the molecule is O=C(O)C(F)(F)F.O=C1CCC(N2C(=O)c3cccc(N4CCC(CC5CCNCC5)CC4)c3C2=O)C(=O)N1. The first-order chi connectivity index (χ1) is 18.5. The third-order valence-electron chi connectivity index (χ3n) is 7.77. The molecule has 0 aliphatic carbocycles. The Labute approximate surface area is 222 Å². The predicted molar refractivity (Wildman–Crippen MR) is 132 cm³/mol. The lowest BCUT2D eigenvalue weighted by atomic mass is 9.83. The lowest BCUT2D eigenvalue weighted by Gasteiger charge is -2.36. The summed E-state index contributed by atoms with van der Waals surface area (Å²) in [5.74, 6) is -3.04. The molecule has 1 unspecified atom stereocenters. The van der Waals surface area contributed by atoms with Crippen molar-refractivity contribution in [3.63, 3.8) is 0 Å². The highest BCUT2D eigenvalue weighted by Gasteiger charge is 2.46. The number of imide groups is 2. The van der Waals surface area contributed by atoms with E-state index < -0.39 is 35.9 Å². The monoisotopic (exact) mass is 552 g/mol. The Morgan fingerprint density at radius 2 is 1.56 bits per heavy atom. The van der Waals surface area contributed by atoms with Gasteiger partial charge in [-0.05, 0) is 75.6 Å². The number of carbonyl (C=O) groups excluding carboxylic acids is 4. The molecule has 212 valence electrons. The van der Waals surface area contributed by atoms with Gasteiger partial charge in [0.25, 0.3) is 11.8 Å². The van der Waals surface area contributed by atoms with Crippen LogP contribution in [0, 0.1) is 11.8 Å². The molecule has 1 aromatic carbocycles. The van der Waals surface area contributed by atoms with E-state index in [1.165, 1.54) is 19.3 Å². The summed E-state index contributed by atoms with van der Waals surface area (Å²) < 4.78 is 31.7. The Bertz CT molecular complexity index is 1140. The van der Waals surface area contributed by atoms with E-state index in [-0.39, 0.29) is 18.7 Å². The van der Waals surface area contributed by atoms with Crippen LogP contribution < -0.4 is 15.5 Å². The van der Waals surface area contributed by atoms with Gasteiger partial charge in [-0.15, -0.1) is 0 Å². The molecule has 4 heterocycles. The summed E-state index contributed by atoms with van der Waals surface area (Å²) in [6.07, 6.45) is 1.20. The average molecular weight is 553 g/mol. The van der Waals surface area contributed by atoms with E-state index in [1.807, 2.05) is 12.1 Å². The third-order valence-corrected chi connectivity index (χ3v) is 7.77. The Morgan fingerprint density at radius 1 is 0.949 bits per heavy atom. The molecule has 3 fully saturated rings. The molecule has 4 aliphatic rings. The number of carboxylic acids is 1. The fraction of sp³-hybridized carbons (Fsp3) is 0.577. The first kappa shape index (κ1) is 28.5. The van der Waals surface area contributed by atoms with Gasteiger partial charge in [0.2, 0.25) is 11.8 Å². The number of aliphatic carboxylic acids is 1. The summed E-state index contributed by atoms with van der Waals surface area (Å²) >= 11 is 0. The molecule has 0 bridgehead atoms. The predicted octanol–water partition coefficient (Wildman–Crippen LogP) is 2.33. The van der Waals surface area contributed by atoms with Gasteiger partial charge in [-0.2, -0.15) is 13.2 Å². The molecular weight excluding hydrogens is 521 g/mol. The molecule has 3 N–H and O–H groups in total. The molecule has 39 heavy (non-hydrogen) atoms. The van der Waals surface area contributed by atoms with Crippen LogP contribution in [0.25, 0.3) is 0 Å². The number of nitrogens with zero attached hydrogens (tertiary/aromatic N) is 2. The number of rotatable bonds is 4. The second-order valence-electron chi connectivity index (χ2n) is 10.3. The number of carboxylic acid groups (broad SMARTS) is 1. The van der Waals surface area contributed by atoms with Gasteiger partial charge in [0, 0.05) is 19.5 Å². The quantitative estimate of drug-likeness (QED) is 0.485. The van der Waals surface area contributed by atoms with Crippen LogP contribution in [-0.4, -0.2) is 78.0 Å². The van der Waals surface area contributed by atoms with Crippen LogP contribution in [0.15, 0.2) is 18.2 Å². The van der Waals surface area contributed by atoms with Crippen molar-refractivity contribution in [1.82, 2.24) is 15.5 Å². The Kier molecular flexibility index (Phi) is 8.57. The van der Waals surface area contributed by atoms with Crippen LogP contribution in [-0.2, 0) is 14.4 Å². The topological polar surface area (TPSA) is 136 Å². The van der Waals surface area contributed by atoms with E-state index in [4.69, 9.17) is 9.90 Å². The Balaban J connectivity index is 0.000000448. The number of halogens is 3. The van der Waals surface area contributed by atoms with E-state index in [2.05, 4.69) is 15.5 Å². The van der Waals surface area contributed by atoms with Crippen molar-refractivity contribution in [3.05, 3.63) is 29.3 Å². The molecule has 0 radical (unpaired) electrons. The lowest BCUT2D eigenvalue weighted by Crippen LogP contribution is -2.54. The minimum Gasteiger partial charge on any atom is -0.475 e. The number of fused-ring (bicyclic) bond motifs is 1. The van der Waals surface area contributed by atoms with E-state index in [1.54, 1.807) is 6.07 Å². The van der Waals surface area contributed by atoms with Crippen LogP contribution >= 0.6 is 0 Å². The molecule has 3 saturated heterocycles. The van der Waals surface area contributed by atoms with Crippen molar-refractivity contribution in [2.24, 2.45) is 11.8 Å². The maximum Gasteiger partial charge on any atom is 0.490 e. The van der Waals surface area contributed by atoms with Gasteiger partial charge in [-0.25, -0.2) is 4.79 Å². The Morgan fingerprint density at radius 3 is 2.15 bits per heavy atom. The van der Waals surface area contributed by atoms with Crippen molar-refractivity contribution in [2.75, 3.05) is 31.1 Å². The summed E-state index contributed by atoms with van der Waals surface area (Å²) in [6.45, 7) is 3.98. The molecule has 13 heteroatoms. The highest BCUT2D eigenvalue weighted by molar-refractivity contribution is 6.25. The third kappa shape index (κ3) is 6.40. The maximum absolute atomic E-state index is 13.3. The molecule has 10 nitrogen and oxygen atoms in total. The van der Waals surface area contributed by atoms with E-state index >= 15 is 0 Å². The minimum atomic E-state index is -5.08. The second kappa shape index (κ2) is 11.7. The van der Waals surface area contributed by atoms with Crippen LogP contribution in [0.1, 0.15) is 65.7 Å². The normalized spacial score (nSPS) is 22.8. The zero-order valence-electron chi connectivity index (χ0n) is 21.3. The summed E-state index contributed by atoms with van der Waals surface area (Å²) in [5.41, 5.74) is 1.55. The summed E-state index contributed by atoms with van der Waals surface area (Å²) in [5, 5.41) is 12.8. The average Bonchev–Trinajstić information content (AvgIpc) is 3.15. The van der Waals surface area contributed by atoms with Gasteiger partial charge < -0.3 is 15.3 Å². The van der Waals surface area contributed by atoms with Crippen LogP contribution in [0.5, 0.6) is 0 Å². The minimum absolute atomic E-state index is 0.126. The second-order valence-corrected chi connectivity index (χ2v) is 10.3. The molecule has 4 aliphatic heterocycles. The van der Waals surface area contributed by atoms with Gasteiger partial charge in [-0.3, -0.25) is 29.4 Å². The number of nitrogens with one attached hydrogen (secondary N) is 2. The lowest BCUT2D eigenvalue weighted by molar-refractivity contribution is -0.192. The number of carbonyl (C=O) groups is 5. The van der Waals surface area contributed by atoms with Crippen molar-refractivity contribution < 1.29 is 42.3 Å². The highest BCUT2D eigenvalue weighted by atomic mass is 19.4. The number of hydrogen-bond donors (Lipinski definition) is 3. The number of amides is 4. The van der Waals surface area contributed by atoms with Crippen LogP contribution in [0.2, 0.25) is 0 Å². The number of benzene rings is 1. The molecule has 0 spiro atoms. The van der Waals surface area contributed by atoms with E-state index in [0.29, 0.717) is 17.0 Å². The van der Waals surface area contributed by atoms with Gasteiger partial charge in [0.05, 0.1) is 16.8 Å². The van der Waals surface area contributed by atoms with Crippen molar-refractivity contribution in [2.45, 2.75) is 57.2 Å². The Hall–Kier alpha value is -3.48. The number of anilines is 1. The zero-order chi connectivity index (χ0) is 28.3. The smallest absolute Gasteiger partial charge is 0.475 e. The zero-order valence-corrected chi connectivity index (χ0v) is 21.3. The summed E-state index contributed by atoms with van der Waals surface area (Å²) in [6, 6.07) is 4.46. The van der Waals surface area contributed by atoms with Crippen molar-refractivity contribution in [3.8, 4) is 0 Å². The maximum atomic E-state index is 13.3. The molecule has 1 atom stereocenters. The first-order valence-electron chi connectivity index (χ1n) is 13.1. The van der Waals surface area contributed by atoms with Gasteiger partial charge >= 0.3 is 12.1 Å². The summed E-state index contributed by atoms with van der Waals surface area (Å²) in [4.78, 5) is 62.4. The first-order valence-corrected chi connectivity index (χ1v) is 13.1. The molecule has 0 aromatic heterocycles. The molecule has 4 amide bonds. The number of hydrogen-bond acceptors (Lipinski definition) is 7. The largest absolute Gasteiger partial charge is 0.490 e. The van der Waals surface area contributed by atoms with Gasteiger partial charge in [-0.1, -0.05) is 6.07 Å². The van der Waals surface area contributed by atoms with Gasteiger partial charge in [0.15, 0.2) is 0 Å².